The first-order valence-corrected chi connectivity index (χ1v) is 4.72. The molecule has 0 spiro atoms. The van der Waals surface area contributed by atoms with Crippen molar-refractivity contribution in [1.29, 1.82) is 0 Å². The Balaban J connectivity index is 2.05. The molecule has 0 aromatic rings. The average molecular weight is 185 g/mol. The second kappa shape index (κ2) is 5.70. The number of aldehydes is 1. The van der Waals surface area contributed by atoms with E-state index in [1.165, 1.54) is 0 Å². The molecular formula is C9H15NO3. The minimum absolute atomic E-state index is 0.219. The Bertz CT molecular complexity index is 176. The van der Waals surface area contributed by atoms with Gasteiger partial charge in [0.2, 0.25) is 0 Å². The number of rotatable bonds is 5. The van der Waals surface area contributed by atoms with E-state index >= 15 is 0 Å². The van der Waals surface area contributed by atoms with E-state index in [9.17, 15) is 9.59 Å². The summed E-state index contributed by atoms with van der Waals surface area (Å²) in [6, 6.07) is 0. The molecule has 74 valence electrons. The number of hydrogen-bond acceptors (Lipinski definition) is 4. The maximum absolute atomic E-state index is 11.1. The molecule has 0 bridgehead atoms. The fourth-order valence-corrected chi connectivity index (χ4v) is 1.30. The van der Waals surface area contributed by atoms with E-state index in [-0.39, 0.29) is 5.97 Å². The van der Waals surface area contributed by atoms with Crippen LogP contribution < -0.4 is 0 Å². The zero-order valence-electron chi connectivity index (χ0n) is 7.70. The minimum Gasteiger partial charge on any atom is -0.368 e. The number of carbonyl (C=O) groups is 2. The van der Waals surface area contributed by atoms with Gasteiger partial charge < -0.3 is 9.63 Å². The summed E-state index contributed by atoms with van der Waals surface area (Å²) in [6.07, 6.45) is 4.40. The van der Waals surface area contributed by atoms with Gasteiger partial charge in [0.05, 0.1) is 0 Å². The van der Waals surface area contributed by atoms with Crippen molar-refractivity contribution in [2.75, 3.05) is 13.1 Å². The minimum atomic E-state index is -0.219. The van der Waals surface area contributed by atoms with Crippen molar-refractivity contribution < 1.29 is 14.4 Å². The molecule has 0 atom stereocenters. The quantitative estimate of drug-likeness (QED) is 0.472. The van der Waals surface area contributed by atoms with Crippen LogP contribution in [0.3, 0.4) is 0 Å². The fourth-order valence-electron chi connectivity index (χ4n) is 1.30. The van der Waals surface area contributed by atoms with Gasteiger partial charge in [-0.3, -0.25) is 4.79 Å². The van der Waals surface area contributed by atoms with E-state index in [0.717, 1.165) is 32.2 Å². The molecule has 1 heterocycles. The van der Waals surface area contributed by atoms with Crippen molar-refractivity contribution in [1.82, 2.24) is 5.06 Å². The van der Waals surface area contributed by atoms with Gasteiger partial charge >= 0.3 is 5.97 Å². The molecule has 0 radical (unpaired) electrons. The van der Waals surface area contributed by atoms with Gasteiger partial charge in [0.1, 0.15) is 6.29 Å². The van der Waals surface area contributed by atoms with Gasteiger partial charge in [-0.25, -0.2) is 0 Å². The zero-order chi connectivity index (χ0) is 9.52. The second-order valence-corrected chi connectivity index (χ2v) is 3.16. The third-order valence-corrected chi connectivity index (χ3v) is 2.00. The number of carbonyl (C=O) groups excluding carboxylic acids is 2. The van der Waals surface area contributed by atoms with Crippen molar-refractivity contribution in [2.45, 2.75) is 32.1 Å². The highest BCUT2D eigenvalue weighted by atomic mass is 16.7. The molecule has 0 saturated carbocycles. The van der Waals surface area contributed by atoms with Crippen LogP contribution in [0, 0.1) is 0 Å². The molecule has 1 aliphatic rings. The van der Waals surface area contributed by atoms with E-state index in [0.29, 0.717) is 19.3 Å². The lowest BCUT2D eigenvalue weighted by molar-refractivity contribution is -0.185. The molecule has 4 nitrogen and oxygen atoms in total. The summed E-state index contributed by atoms with van der Waals surface area (Å²) in [5, 5.41) is 1.70. The predicted octanol–water partition coefficient (Wildman–Crippen LogP) is 0.910. The van der Waals surface area contributed by atoms with Gasteiger partial charge in [-0.15, -0.1) is 5.06 Å². The average Bonchev–Trinajstić information content (AvgIpc) is 2.57. The van der Waals surface area contributed by atoms with Gasteiger partial charge in [-0.1, -0.05) is 0 Å². The maximum Gasteiger partial charge on any atom is 0.325 e. The van der Waals surface area contributed by atoms with E-state index in [1.807, 2.05) is 0 Å². The largest absolute Gasteiger partial charge is 0.368 e. The number of nitrogens with zero attached hydrogens (tertiary/aromatic N) is 1. The van der Waals surface area contributed by atoms with Crippen LogP contribution in [0.1, 0.15) is 32.1 Å². The first-order valence-electron chi connectivity index (χ1n) is 4.72. The number of hydrogen-bond donors (Lipinski definition) is 0. The van der Waals surface area contributed by atoms with Crippen LogP contribution in [-0.2, 0) is 14.4 Å². The molecule has 1 fully saturated rings. The van der Waals surface area contributed by atoms with Gasteiger partial charge in [-0.2, -0.15) is 0 Å². The first kappa shape index (κ1) is 10.2. The molecule has 4 heteroatoms. The highest BCUT2D eigenvalue weighted by Crippen LogP contribution is 2.08. The van der Waals surface area contributed by atoms with Gasteiger partial charge in [0.25, 0.3) is 0 Å². The zero-order valence-corrected chi connectivity index (χ0v) is 7.70. The van der Waals surface area contributed by atoms with E-state index < -0.39 is 0 Å². The van der Waals surface area contributed by atoms with Crippen LogP contribution in [-0.4, -0.2) is 30.4 Å². The fraction of sp³-hybridized carbons (Fsp3) is 0.778. The third kappa shape index (κ3) is 4.03. The van der Waals surface area contributed by atoms with E-state index in [4.69, 9.17) is 4.84 Å². The topological polar surface area (TPSA) is 46.6 Å². The smallest absolute Gasteiger partial charge is 0.325 e. The molecule has 0 aliphatic carbocycles. The standard InChI is InChI=1S/C9H15NO3/c11-8-4-1-5-9(12)13-10-6-2-3-7-10/h8H,1-7H2. The molecular weight excluding hydrogens is 170 g/mol. The monoisotopic (exact) mass is 185 g/mol. The lowest BCUT2D eigenvalue weighted by Gasteiger charge is -2.13. The molecule has 0 N–H and O–H groups in total. The Morgan fingerprint density at radius 3 is 2.69 bits per heavy atom. The van der Waals surface area contributed by atoms with E-state index in [1.54, 1.807) is 5.06 Å². The summed E-state index contributed by atoms with van der Waals surface area (Å²) in [4.78, 5) is 26.1. The number of unbranched alkanes of at least 4 members (excludes halogenated alkanes) is 1. The van der Waals surface area contributed by atoms with Crippen LogP contribution in [0.5, 0.6) is 0 Å². The number of hydroxylamine groups is 2. The summed E-state index contributed by atoms with van der Waals surface area (Å²) in [5.41, 5.74) is 0. The predicted molar refractivity (Wildman–Crippen MR) is 46.8 cm³/mol. The summed E-state index contributed by atoms with van der Waals surface area (Å²) in [6.45, 7) is 1.69. The lowest BCUT2D eigenvalue weighted by atomic mass is 10.2. The Morgan fingerprint density at radius 1 is 1.38 bits per heavy atom. The van der Waals surface area contributed by atoms with Crippen molar-refractivity contribution in [3.63, 3.8) is 0 Å². The molecule has 1 aliphatic heterocycles. The SMILES string of the molecule is O=CCCCC(=O)ON1CCCC1. The van der Waals surface area contributed by atoms with Gasteiger partial charge in [0.15, 0.2) is 0 Å². The molecule has 0 unspecified atom stereocenters. The summed E-state index contributed by atoms with van der Waals surface area (Å²) < 4.78 is 0. The van der Waals surface area contributed by atoms with Crippen LogP contribution in [0.4, 0.5) is 0 Å². The van der Waals surface area contributed by atoms with Gasteiger partial charge in [0, 0.05) is 25.9 Å². The van der Waals surface area contributed by atoms with Gasteiger partial charge in [-0.05, 0) is 19.3 Å². The Labute approximate surface area is 77.8 Å². The molecule has 13 heavy (non-hydrogen) atoms. The third-order valence-electron chi connectivity index (χ3n) is 2.00. The van der Waals surface area contributed by atoms with E-state index in [2.05, 4.69) is 0 Å². The normalized spacial score (nSPS) is 17.2. The van der Waals surface area contributed by atoms with Crippen molar-refractivity contribution in [2.24, 2.45) is 0 Å². The highest BCUT2D eigenvalue weighted by Gasteiger charge is 2.15. The van der Waals surface area contributed by atoms with Crippen molar-refractivity contribution in [3.8, 4) is 0 Å². The Kier molecular flexibility index (Phi) is 4.46. The molecule has 0 amide bonds. The summed E-state index contributed by atoms with van der Waals surface area (Å²) >= 11 is 0. The second-order valence-electron chi connectivity index (χ2n) is 3.16. The lowest BCUT2D eigenvalue weighted by Crippen LogP contribution is -2.23. The van der Waals surface area contributed by atoms with Crippen LogP contribution in [0.2, 0.25) is 0 Å². The first-order chi connectivity index (χ1) is 6.33. The molecule has 0 aromatic heterocycles. The van der Waals surface area contributed by atoms with Crippen molar-refractivity contribution >= 4 is 12.3 Å². The molecule has 1 saturated heterocycles. The van der Waals surface area contributed by atoms with Crippen LogP contribution >= 0.6 is 0 Å². The maximum atomic E-state index is 11.1. The molecule has 1 rings (SSSR count). The van der Waals surface area contributed by atoms with Crippen LogP contribution in [0.15, 0.2) is 0 Å². The van der Waals surface area contributed by atoms with Crippen molar-refractivity contribution in [3.05, 3.63) is 0 Å². The highest BCUT2D eigenvalue weighted by molar-refractivity contribution is 5.69. The summed E-state index contributed by atoms with van der Waals surface area (Å²) in [5.74, 6) is -0.219. The van der Waals surface area contributed by atoms with Crippen LogP contribution in [0.25, 0.3) is 0 Å². The summed E-state index contributed by atoms with van der Waals surface area (Å²) in [7, 11) is 0. The molecule has 0 aromatic carbocycles. The Morgan fingerprint density at radius 2 is 2.08 bits per heavy atom. The Hall–Kier alpha value is -0.900.